The SMILES string of the molecule is CC(NS(=O)(=O)C(C)C#N)c1cccc(Cl)c1. The van der Waals surface area contributed by atoms with Gasteiger partial charge in [-0.3, -0.25) is 0 Å². The summed E-state index contributed by atoms with van der Waals surface area (Å²) in [6.45, 7) is 3.04. The fourth-order valence-electron chi connectivity index (χ4n) is 1.26. The van der Waals surface area contributed by atoms with Crippen molar-refractivity contribution in [2.75, 3.05) is 0 Å². The third-order valence-electron chi connectivity index (χ3n) is 2.34. The highest BCUT2D eigenvalue weighted by atomic mass is 35.5. The van der Waals surface area contributed by atoms with E-state index in [0.717, 1.165) is 5.56 Å². The van der Waals surface area contributed by atoms with Crippen molar-refractivity contribution in [1.29, 1.82) is 5.26 Å². The first-order valence-electron chi connectivity index (χ1n) is 5.03. The molecule has 0 aliphatic carbocycles. The minimum atomic E-state index is -3.62. The van der Waals surface area contributed by atoms with Crippen LogP contribution in [-0.4, -0.2) is 13.7 Å². The van der Waals surface area contributed by atoms with E-state index in [0.29, 0.717) is 5.02 Å². The number of halogens is 1. The minimum absolute atomic E-state index is 0.422. The summed E-state index contributed by atoms with van der Waals surface area (Å²) in [6.07, 6.45) is 0. The molecule has 6 heteroatoms. The van der Waals surface area contributed by atoms with Crippen LogP contribution in [0, 0.1) is 11.3 Å². The van der Waals surface area contributed by atoms with E-state index in [-0.39, 0.29) is 0 Å². The molecule has 0 bridgehead atoms. The number of hydrogen-bond acceptors (Lipinski definition) is 3. The van der Waals surface area contributed by atoms with Gasteiger partial charge in [0.05, 0.1) is 6.07 Å². The summed E-state index contributed by atoms with van der Waals surface area (Å²) in [4.78, 5) is 0. The highest BCUT2D eigenvalue weighted by Crippen LogP contribution is 2.18. The predicted molar refractivity (Wildman–Crippen MR) is 67.0 cm³/mol. The van der Waals surface area contributed by atoms with Crippen molar-refractivity contribution in [2.45, 2.75) is 25.1 Å². The van der Waals surface area contributed by atoms with Gasteiger partial charge in [-0.1, -0.05) is 23.7 Å². The first kappa shape index (κ1) is 14.0. The predicted octanol–water partition coefficient (Wildman–Crippen LogP) is 2.23. The minimum Gasteiger partial charge on any atom is -0.211 e. The van der Waals surface area contributed by atoms with E-state index in [9.17, 15) is 8.42 Å². The van der Waals surface area contributed by atoms with Gasteiger partial charge in [0.15, 0.2) is 5.25 Å². The van der Waals surface area contributed by atoms with Crippen LogP contribution in [0.5, 0.6) is 0 Å². The summed E-state index contributed by atoms with van der Waals surface area (Å²) in [7, 11) is -3.62. The van der Waals surface area contributed by atoms with Crippen LogP contribution in [0.2, 0.25) is 5.02 Å². The smallest absolute Gasteiger partial charge is 0.211 e. The average molecular weight is 273 g/mol. The van der Waals surface area contributed by atoms with Gasteiger partial charge in [-0.15, -0.1) is 0 Å². The molecular weight excluding hydrogens is 260 g/mol. The molecule has 2 unspecified atom stereocenters. The Balaban J connectivity index is 2.88. The van der Waals surface area contributed by atoms with Crippen molar-refractivity contribution in [3.63, 3.8) is 0 Å². The molecule has 1 aromatic rings. The topological polar surface area (TPSA) is 70.0 Å². The Bertz CT molecular complexity index is 537. The molecule has 17 heavy (non-hydrogen) atoms. The lowest BCUT2D eigenvalue weighted by atomic mass is 10.1. The first-order chi connectivity index (χ1) is 7.86. The van der Waals surface area contributed by atoms with Gasteiger partial charge in [-0.05, 0) is 31.5 Å². The quantitative estimate of drug-likeness (QED) is 0.914. The molecule has 1 N–H and O–H groups in total. The molecule has 1 aromatic carbocycles. The number of benzene rings is 1. The molecule has 0 amide bonds. The normalized spacial score (nSPS) is 14.9. The molecule has 0 saturated carbocycles. The summed E-state index contributed by atoms with van der Waals surface area (Å²) >= 11 is 5.82. The van der Waals surface area contributed by atoms with Crippen molar-refractivity contribution in [2.24, 2.45) is 0 Å². The number of nitriles is 1. The van der Waals surface area contributed by atoms with E-state index in [2.05, 4.69) is 4.72 Å². The van der Waals surface area contributed by atoms with E-state index in [1.54, 1.807) is 37.3 Å². The monoisotopic (exact) mass is 272 g/mol. The van der Waals surface area contributed by atoms with Crippen molar-refractivity contribution in [3.05, 3.63) is 34.9 Å². The third kappa shape index (κ3) is 3.70. The lowest BCUT2D eigenvalue weighted by molar-refractivity contribution is 0.562. The van der Waals surface area contributed by atoms with Gasteiger partial charge in [0.25, 0.3) is 0 Å². The Morgan fingerprint density at radius 2 is 2.06 bits per heavy atom. The molecule has 0 radical (unpaired) electrons. The Kier molecular flexibility index (Phi) is 4.52. The van der Waals surface area contributed by atoms with E-state index >= 15 is 0 Å². The standard InChI is InChI=1S/C11H13ClN2O2S/c1-8(7-13)17(15,16)14-9(2)10-4-3-5-11(12)6-10/h3-6,8-9,14H,1-2H3. The summed E-state index contributed by atoms with van der Waals surface area (Å²) in [5, 5.41) is 8.07. The van der Waals surface area contributed by atoms with Gasteiger partial charge in [-0.2, -0.15) is 5.26 Å². The Morgan fingerprint density at radius 1 is 1.41 bits per heavy atom. The molecule has 2 atom stereocenters. The van der Waals surface area contributed by atoms with E-state index in [4.69, 9.17) is 16.9 Å². The molecular formula is C11H13ClN2O2S. The second-order valence-corrected chi connectivity index (χ2v) is 6.18. The second kappa shape index (κ2) is 5.50. The van der Waals surface area contributed by atoms with Crippen LogP contribution in [0.3, 0.4) is 0 Å². The third-order valence-corrected chi connectivity index (χ3v) is 4.29. The van der Waals surface area contributed by atoms with Crippen molar-refractivity contribution >= 4 is 21.6 Å². The number of sulfonamides is 1. The molecule has 0 heterocycles. The fourth-order valence-corrected chi connectivity index (χ4v) is 2.43. The van der Waals surface area contributed by atoms with Crippen LogP contribution < -0.4 is 4.72 Å². The summed E-state index contributed by atoms with van der Waals surface area (Å²) < 4.78 is 25.8. The Morgan fingerprint density at radius 3 is 2.59 bits per heavy atom. The molecule has 0 aliphatic heterocycles. The van der Waals surface area contributed by atoms with Gasteiger partial charge in [-0.25, -0.2) is 13.1 Å². The maximum absolute atomic E-state index is 11.7. The van der Waals surface area contributed by atoms with Gasteiger partial charge >= 0.3 is 0 Å². The number of hydrogen-bond donors (Lipinski definition) is 1. The largest absolute Gasteiger partial charge is 0.228 e. The first-order valence-corrected chi connectivity index (χ1v) is 6.95. The van der Waals surface area contributed by atoms with Crippen LogP contribution in [0.25, 0.3) is 0 Å². The second-order valence-electron chi connectivity index (χ2n) is 3.71. The molecule has 0 aliphatic rings. The lowest BCUT2D eigenvalue weighted by Crippen LogP contribution is -2.33. The zero-order valence-corrected chi connectivity index (χ0v) is 11.1. The zero-order valence-electron chi connectivity index (χ0n) is 9.51. The van der Waals surface area contributed by atoms with E-state index in [1.807, 2.05) is 0 Å². The highest BCUT2D eigenvalue weighted by molar-refractivity contribution is 7.90. The van der Waals surface area contributed by atoms with E-state index < -0.39 is 21.3 Å². The average Bonchev–Trinajstić information content (AvgIpc) is 2.27. The van der Waals surface area contributed by atoms with Gasteiger partial charge in [0, 0.05) is 11.1 Å². The maximum atomic E-state index is 11.7. The zero-order chi connectivity index (χ0) is 13.1. The highest BCUT2D eigenvalue weighted by Gasteiger charge is 2.22. The van der Waals surface area contributed by atoms with Crippen LogP contribution in [0.15, 0.2) is 24.3 Å². The molecule has 0 aromatic heterocycles. The van der Waals surface area contributed by atoms with Crippen molar-refractivity contribution in [1.82, 2.24) is 4.72 Å². The van der Waals surface area contributed by atoms with Crippen LogP contribution in [0.1, 0.15) is 25.5 Å². The Labute approximate surface area is 106 Å². The maximum Gasteiger partial charge on any atom is 0.228 e. The van der Waals surface area contributed by atoms with Crippen molar-refractivity contribution in [3.8, 4) is 6.07 Å². The molecule has 4 nitrogen and oxygen atoms in total. The Hall–Kier alpha value is -1.09. The lowest BCUT2D eigenvalue weighted by Gasteiger charge is -2.15. The van der Waals surface area contributed by atoms with Crippen LogP contribution in [-0.2, 0) is 10.0 Å². The number of nitrogens with one attached hydrogen (secondary N) is 1. The summed E-state index contributed by atoms with van der Waals surface area (Å²) in [5.74, 6) is 0. The summed E-state index contributed by atoms with van der Waals surface area (Å²) in [5.41, 5.74) is 0.756. The van der Waals surface area contributed by atoms with Crippen molar-refractivity contribution < 1.29 is 8.42 Å². The number of rotatable bonds is 4. The van der Waals surface area contributed by atoms with Crippen LogP contribution >= 0.6 is 11.6 Å². The van der Waals surface area contributed by atoms with Crippen LogP contribution in [0.4, 0.5) is 0 Å². The van der Waals surface area contributed by atoms with Gasteiger partial charge in [0.2, 0.25) is 10.0 Å². The summed E-state index contributed by atoms with van der Waals surface area (Å²) in [6, 6.07) is 8.19. The molecule has 0 spiro atoms. The molecule has 0 saturated heterocycles. The molecule has 92 valence electrons. The molecule has 0 fully saturated rings. The number of nitrogens with zero attached hydrogens (tertiary/aromatic N) is 1. The molecule has 1 rings (SSSR count). The van der Waals surface area contributed by atoms with E-state index in [1.165, 1.54) is 6.92 Å². The van der Waals surface area contributed by atoms with Gasteiger partial charge < -0.3 is 0 Å². The fraction of sp³-hybridized carbons (Fsp3) is 0.364. The van der Waals surface area contributed by atoms with Gasteiger partial charge in [0.1, 0.15) is 0 Å².